The molecule has 0 fully saturated rings. The van der Waals surface area contributed by atoms with E-state index in [9.17, 15) is 0 Å². The zero-order valence-electron chi connectivity index (χ0n) is 36.4. The fraction of sp³-hybridized carbons (Fsp3) is 0. The molecule has 4 heteroatoms. The number of benzene rings is 11. The monoisotopic (exact) mass is 886 g/mol. The standard InChI is InChI=1S/C63H40N2P2/c1-4-20-41(21-5-1)63-64-54-34-12-13-35-55(54)65(63)62-48-32-16-28-44(46-30-18-38-58-60(46)50-26-10-14-36-56(50)66(58)42-22-6-2-7-23-42)52(48)40-53-45(29-17-33-49(53)62)47-31-19-39-59-61(47)51-27-11-15-37-57(51)67(59)43-24-8-3-9-25-43/h1-40H. The number of imidazole rings is 1. The molecule has 14 aromatic rings. The van der Waals surface area contributed by atoms with Crippen LogP contribution in [0.5, 0.6) is 0 Å². The van der Waals surface area contributed by atoms with Crippen LogP contribution in [0.2, 0.25) is 0 Å². The molecule has 0 saturated heterocycles. The Morgan fingerprint density at radius 3 is 1.28 bits per heavy atom. The molecule has 14 rings (SSSR count). The molecule has 0 bridgehead atoms. The van der Waals surface area contributed by atoms with E-state index < -0.39 is 15.1 Å². The lowest BCUT2D eigenvalue weighted by atomic mass is 9.88. The summed E-state index contributed by atoms with van der Waals surface area (Å²) in [6.07, 6.45) is 0. The Hall–Kier alpha value is -7.99. The molecule has 312 valence electrons. The second-order valence-electron chi connectivity index (χ2n) is 17.4. The summed E-state index contributed by atoms with van der Waals surface area (Å²) in [6.45, 7) is 0. The zero-order chi connectivity index (χ0) is 44.0. The first-order chi connectivity index (χ1) is 33.3. The van der Waals surface area contributed by atoms with E-state index >= 15 is 0 Å². The van der Waals surface area contributed by atoms with Crippen LogP contribution in [-0.2, 0) is 0 Å². The minimum absolute atomic E-state index is 0.727. The molecule has 0 amide bonds. The summed E-state index contributed by atoms with van der Waals surface area (Å²) in [6, 6.07) is 90.3. The van der Waals surface area contributed by atoms with Gasteiger partial charge in [0.2, 0.25) is 0 Å². The molecule has 11 aromatic carbocycles. The zero-order valence-corrected chi connectivity index (χ0v) is 38.2. The van der Waals surface area contributed by atoms with Gasteiger partial charge in [0.15, 0.2) is 0 Å². The summed E-state index contributed by atoms with van der Waals surface area (Å²) < 4.78 is 2.45. The van der Waals surface area contributed by atoms with Crippen LogP contribution in [0.1, 0.15) is 0 Å². The van der Waals surface area contributed by atoms with Crippen molar-refractivity contribution in [1.29, 1.82) is 0 Å². The molecule has 0 N–H and O–H groups in total. The molecule has 0 saturated carbocycles. The molecule has 0 radical (unpaired) electrons. The van der Waals surface area contributed by atoms with Crippen molar-refractivity contribution in [2.45, 2.75) is 0 Å². The van der Waals surface area contributed by atoms with Gasteiger partial charge in [-0.1, -0.05) is 227 Å². The van der Waals surface area contributed by atoms with E-state index in [1.165, 1.54) is 96.4 Å². The summed E-state index contributed by atoms with van der Waals surface area (Å²) in [5.41, 5.74) is 9.26. The van der Waals surface area contributed by atoms with Crippen molar-refractivity contribution >= 4 is 89.7 Å². The average molecular weight is 887 g/mol. The van der Waals surface area contributed by atoms with Gasteiger partial charge >= 0.3 is 0 Å². The van der Waals surface area contributed by atoms with Crippen LogP contribution >= 0.6 is 15.1 Å². The maximum absolute atomic E-state index is 5.42. The molecule has 3 aromatic heterocycles. The smallest absolute Gasteiger partial charge is 0.145 e. The first-order valence-electron chi connectivity index (χ1n) is 23.0. The minimum atomic E-state index is -0.727. The van der Waals surface area contributed by atoms with Gasteiger partial charge in [-0.05, 0) is 84.7 Å². The van der Waals surface area contributed by atoms with Crippen LogP contribution in [0.3, 0.4) is 0 Å². The number of para-hydroxylation sites is 2. The van der Waals surface area contributed by atoms with Crippen molar-refractivity contribution in [3.05, 3.63) is 243 Å². The molecular weight excluding hydrogens is 847 g/mol. The number of aromatic nitrogens is 2. The maximum atomic E-state index is 5.42. The van der Waals surface area contributed by atoms with Gasteiger partial charge in [0.1, 0.15) is 5.82 Å². The second-order valence-corrected chi connectivity index (χ2v) is 21.7. The molecule has 3 heterocycles. The molecule has 2 atom stereocenters. The summed E-state index contributed by atoms with van der Waals surface area (Å²) in [7, 11) is -1.45. The Balaban J connectivity index is 1.15. The van der Waals surface area contributed by atoms with E-state index in [1.54, 1.807) is 0 Å². The average Bonchev–Trinajstić information content (AvgIpc) is 4.07. The third kappa shape index (κ3) is 5.81. The lowest BCUT2D eigenvalue weighted by molar-refractivity contribution is 1.13. The highest BCUT2D eigenvalue weighted by Gasteiger charge is 2.24. The lowest BCUT2D eigenvalue weighted by Crippen LogP contribution is -2.01. The third-order valence-electron chi connectivity index (χ3n) is 13.8. The molecule has 0 aliphatic carbocycles. The van der Waals surface area contributed by atoms with E-state index in [2.05, 4.69) is 247 Å². The predicted octanol–water partition coefficient (Wildman–Crippen LogP) is 18.9. The number of rotatable bonds is 6. The summed E-state index contributed by atoms with van der Waals surface area (Å²) in [5, 5.41) is 18.6. The number of fused-ring (bicyclic) bond motifs is 9. The topological polar surface area (TPSA) is 17.8 Å². The van der Waals surface area contributed by atoms with E-state index in [4.69, 9.17) is 4.98 Å². The Morgan fingerprint density at radius 1 is 0.313 bits per heavy atom. The van der Waals surface area contributed by atoms with Crippen molar-refractivity contribution in [3.8, 4) is 49.9 Å². The van der Waals surface area contributed by atoms with Crippen LogP contribution in [0.4, 0.5) is 0 Å². The molecule has 0 aliphatic rings. The van der Waals surface area contributed by atoms with Gasteiger partial charge in [0, 0.05) is 47.6 Å². The number of nitrogens with zero attached hydrogens (tertiary/aromatic N) is 2. The highest BCUT2D eigenvalue weighted by Crippen LogP contribution is 2.59. The largest absolute Gasteiger partial charge is 0.291 e. The van der Waals surface area contributed by atoms with Gasteiger partial charge in [0.05, 0.1) is 16.7 Å². The lowest BCUT2D eigenvalue weighted by Gasteiger charge is -2.20. The van der Waals surface area contributed by atoms with Gasteiger partial charge < -0.3 is 0 Å². The Kier molecular flexibility index (Phi) is 8.74. The fourth-order valence-corrected chi connectivity index (χ4v) is 16.4. The molecular formula is C63H40N2P2. The third-order valence-corrected chi connectivity index (χ3v) is 18.9. The van der Waals surface area contributed by atoms with E-state index in [-0.39, 0.29) is 0 Å². The van der Waals surface area contributed by atoms with Gasteiger partial charge in [-0.15, -0.1) is 0 Å². The Bertz CT molecular complexity index is 4040. The molecule has 67 heavy (non-hydrogen) atoms. The fourth-order valence-electron chi connectivity index (χ4n) is 11.1. The Labute approximate surface area is 389 Å². The first kappa shape index (κ1) is 38.3. The number of hydrogen-bond acceptors (Lipinski definition) is 1. The van der Waals surface area contributed by atoms with Crippen LogP contribution < -0.4 is 0 Å². The molecule has 2 nitrogen and oxygen atoms in total. The molecule has 0 aliphatic heterocycles. The van der Waals surface area contributed by atoms with Gasteiger partial charge in [-0.2, -0.15) is 0 Å². The quantitative estimate of drug-likeness (QED) is 0.152. The van der Waals surface area contributed by atoms with Crippen LogP contribution in [-0.4, -0.2) is 9.55 Å². The van der Waals surface area contributed by atoms with Crippen molar-refractivity contribution < 1.29 is 0 Å². The van der Waals surface area contributed by atoms with Crippen molar-refractivity contribution in [2.24, 2.45) is 0 Å². The van der Waals surface area contributed by atoms with Gasteiger partial charge in [-0.25, -0.2) is 4.98 Å². The van der Waals surface area contributed by atoms with E-state index in [0.29, 0.717) is 0 Å². The van der Waals surface area contributed by atoms with E-state index in [0.717, 1.165) is 28.1 Å². The SMILES string of the molecule is c1ccc(-c2nc3ccccc3n2-c2c3cccc(-c4cccc5c4c4ccccc4p5-c4ccccc4)c3cc3c(-c4cccc5c4c4ccccc4p5-c4ccccc4)cccc23)cc1. The summed E-state index contributed by atoms with van der Waals surface area (Å²) >= 11 is 0. The van der Waals surface area contributed by atoms with Crippen molar-refractivity contribution in [1.82, 2.24) is 9.55 Å². The highest BCUT2D eigenvalue weighted by molar-refractivity contribution is 7.68. The summed E-state index contributed by atoms with van der Waals surface area (Å²) in [4.78, 5) is 5.42. The van der Waals surface area contributed by atoms with Crippen LogP contribution in [0.15, 0.2) is 243 Å². The van der Waals surface area contributed by atoms with Crippen molar-refractivity contribution in [3.63, 3.8) is 0 Å². The normalized spacial score (nSPS) is 12.4. The molecule has 2 unspecified atom stereocenters. The van der Waals surface area contributed by atoms with Gasteiger partial charge in [-0.3, -0.25) is 4.57 Å². The minimum Gasteiger partial charge on any atom is -0.291 e. The van der Waals surface area contributed by atoms with Crippen molar-refractivity contribution in [2.75, 3.05) is 0 Å². The summed E-state index contributed by atoms with van der Waals surface area (Å²) in [5.74, 6) is 0.928. The maximum Gasteiger partial charge on any atom is 0.145 e. The van der Waals surface area contributed by atoms with Crippen LogP contribution in [0.25, 0.3) is 125 Å². The van der Waals surface area contributed by atoms with E-state index in [1.807, 2.05) is 0 Å². The van der Waals surface area contributed by atoms with Crippen LogP contribution in [0, 0.1) is 0 Å². The number of hydrogen-bond donors (Lipinski definition) is 0. The molecule has 0 spiro atoms. The van der Waals surface area contributed by atoms with Gasteiger partial charge in [0.25, 0.3) is 0 Å². The Morgan fingerprint density at radius 2 is 0.731 bits per heavy atom. The first-order valence-corrected chi connectivity index (χ1v) is 25.7. The second kappa shape index (κ2) is 15.3. The highest BCUT2D eigenvalue weighted by atomic mass is 31.1. The predicted molar refractivity (Wildman–Crippen MR) is 291 cm³/mol.